The molecular formula is C29H35FN2O4. The maximum absolute atomic E-state index is 15.4. The van der Waals surface area contributed by atoms with Crippen molar-refractivity contribution in [2.45, 2.75) is 38.3 Å². The number of hydrogen-bond donors (Lipinski definition) is 1. The second-order valence-corrected chi connectivity index (χ2v) is 9.57. The first-order valence-electron chi connectivity index (χ1n) is 12.6. The molecule has 1 N–H and O–H groups in total. The Morgan fingerprint density at radius 3 is 2.61 bits per heavy atom. The van der Waals surface area contributed by atoms with E-state index < -0.39 is 18.1 Å². The van der Waals surface area contributed by atoms with Gasteiger partial charge < -0.3 is 19.5 Å². The highest BCUT2D eigenvalue weighted by Crippen LogP contribution is 2.35. The zero-order valence-electron chi connectivity index (χ0n) is 21.0. The van der Waals surface area contributed by atoms with Crippen LogP contribution in [0.15, 0.2) is 54.7 Å². The first kappa shape index (κ1) is 25.9. The predicted octanol–water partition coefficient (Wildman–Crippen LogP) is 5.70. The van der Waals surface area contributed by atoms with Crippen LogP contribution in [0.1, 0.15) is 43.0 Å². The lowest BCUT2D eigenvalue weighted by Crippen LogP contribution is -2.44. The number of ether oxygens (including phenoxy) is 2. The van der Waals surface area contributed by atoms with Crippen LogP contribution in [0.2, 0.25) is 0 Å². The van der Waals surface area contributed by atoms with Crippen molar-refractivity contribution in [3.05, 3.63) is 65.9 Å². The van der Waals surface area contributed by atoms with Gasteiger partial charge in [-0.1, -0.05) is 12.1 Å². The highest BCUT2D eigenvalue weighted by molar-refractivity contribution is 5.83. The molecule has 1 aliphatic heterocycles. The van der Waals surface area contributed by atoms with E-state index in [1.54, 1.807) is 26.5 Å². The van der Waals surface area contributed by atoms with Gasteiger partial charge in [-0.15, -0.1) is 0 Å². The molecule has 192 valence electrons. The number of halogens is 1. The van der Waals surface area contributed by atoms with Crippen molar-refractivity contribution in [3.63, 3.8) is 0 Å². The Hall–Kier alpha value is -3.19. The number of pyridine rings is 1. The van der Waals surface area contributed by atoms with Crippen molar-refractivity contribution in [1.82, 2.24) is 9.88 Å². The quantitative estimate of drug-likeness (QED) is 0.369. The number of carboxylic acids is 1. The molecule has 1 unspecified atom stereocenters. The topological polar surface area (TPSA) is 71.9 Å². The lowest BCUT2D eigenvalue weighted by molar-refractivity contribution is -0.146. The Balaban J connectivity index is 1.31. The van der Waals surface area contributed by atoms with Crippen LogP contribution in [-0.4, -0.2) is 54.8 Å². The number of piperidine rings is 1. The average molecular weight is 495 g/mol. The largest absolute Gasteiger partial charge is 0.497 e. The second-order valence-electron chi connectivity index (χ2n) is 9.57. The molecule has 7 heteroatoms. The zero-order valence-corrected chi connectivity index (χ0v) is 21.0. The van der Waals surface area contributed by atoms with Gasteiger partial charge >= 0.3 is 5.97 Å². The maximum Gasteiger partial charge on any atom is 0.308 e. The van der Waals surface area contributed by atoms with E-state index in [0.717, 1.165) is 49.0 Å². The van der Waals surface area contributed by atoms with E-state index in [1.807, 2.05) is 30.3 Å². The van der Waals surface area contributed by atoms with E-state index in [-0.39, 0.29) is 5.92 Å². The molecule has 6 nitrogen and oxygen atoms in total. The number of methoxy groups -OCH3 is 2. The van der Waals surface area contributed by atoms with Crippen LogP contribution in [0.25, 0.3) is 10.9 Å². The molecule has 0 radical (unpaired) electrons. The van der Waals surface area contributed by atoms with Crippen molar-refractivity contribution in [1.29, 1.82) is 0 Å². The Kier molecular flexibility index (Phi) is 8.75. The van der Waals surface area contributed by atoms with Gasteiger partial charge in [0.2, 0.25) is 0 Å². The molecule has 1 aliphatic rings. The molecule has 36 heavy (non-hydrogen) atoms. The molecule has 0 aliphatic carbocycles. The summed E-state index contributed by atoms with van der Waals surface area (Å²) in [5.41, 5.74) is 2.56. The van der Waals surface area contributed by atoms with Gasteiger partial charge in [0.25, 0.3) is 0 Å². The highest BCUT2D eigenvalue weighted by atomic mass is 19.1. The number of carbonyl (C=O) groups is 1. The minimum absolute atomic E-state index is 0.0266. The van der Waals surface area contributed by atoms with Crippen LogP contribution in [0, 0.1) is 11.8 Å². The Morgan fingerprint density at radius 1 is 1.14 bits per heavy atom. The third kappa shape index (κ3) is 6.32. The summed E-state index contributed by atoms with van der Waals surface area (Å²) in [5, 5.41) is 10.6. The van der Waals surface area contributed by atoms with Crippen molar-refractivity contribution >= 4 is 16.9 Å². The molecule has 1 saturated heterocycles. The number of aryl methyl sites for hydroxylation is 1. The zero-order chi connectivity index (χ0) is 25.5. The molecule has 3 aromatic rings. The van der Waals surface area contributed by atoms with Crippen LogP contribution < -0.4 is 9.47 Å². The van der Waals surface area contributed by atoms with Crippen LogP contribution in [-0.2, 0) is 11.2 Å². The highest BCUT2D eigenvalue weighted by Gasteiger charge is 2.34. The molecule has 2 aromatic carbocycles. The fourth-order valence-electron chi connectivity index (χ4n) is 5.26. The van der Waals surface area contributed by atoms with E-state index in [9.17, 15) is 9.90 Å². The van der Waals surface area contributed by atoms with Crippen molar-refractivity contribution in [3.8, 4) is 11.5 Å². The summed E-state index contributed by atoms with van der Waals surface area (Å²) in [5.74, 6) is 0.225. The van der Waals surface area contributed by atoms with Gasteiger partial charge in [0.1, 0.15) is 17.7 Å². The number of aliphatic carboxylic acids is 1. The van der Waals surface area contributed by atoms with E-state index in [2.05, 4.69) is 22.0 Å². The fourth-order valence-corrected chi connectivity index (χ4v) is 5.26. The van der Waals surface area contributed by atoms with Crippen molar-refractivity contribution in [2.75, 3.05) is 33.9 Å². The van der Waals surface area contributed by atoms with Crippen molar-refractivity contribution < 1.29 is 23.8 Å². The molecule has 2 heterocycles. The van der Waals surface area contributed by atoms with E-state index in [1.165, 1.54) is 5.56 Å². The Morgan fingerprint density at radius 2 is 1.89 bits per heavy atom. The van der Waals surface area contributed by atoms with Crippen molar-refractivity contribution in [2.24, 2.45) is 11.8 Å². The molecular weight excluding hydrogens is 459 g/mol. The standard InChI is InChI=1S/C29H35FN2O4/c1-35-22-8-5-20(6-9-22)4-3-16-32-17-14-21(26(19-32)29(33)34)7-11-27(30)24-13-15-31-28-12-10-23(36-2)18-25(24)28/h5-6,8-10,12-13,15,18,21,26-27H,3-4,7,11,14,16-17,19H2,1-2H3,(H,33,34)/t21-,26+,27?/m1/s1. The van der Waals surface area contributed by atoms with Gasteiger partial charge in [0.15, 0.2) is 0 Å². The smallest absolute Gasteiger partial charge is 0.308 e. The number of hydrogen-bond acceptors (Lipinski definition) is 5. The van der Waals surface area contributed by atoms with Gasteiger partial charge in [0.05, 0.1) is 25.7 Å². The number of likely N-dealkylation sites (tertiary alicyclic amines) is 1. The van der Waals surface area contributed by atoms with Gasteiger partial charge in [-0.3, -0.25) is 9.78 Å². The molecule has 0 amide bonds. The van der Waals surface area contributed by atoms with Gasteiger partial charge in [-0.2, -0.15) is 0 Å². The SMILES string of the molecule is COc1ccc(CCCN2CC[C@@H](CCC(F)c3ccnc4ccc(OC)cc34)[C@@H](C(=O)O)C2)cc1. The summed E-state index contributed by atoms with van der Waals surface area (Å²) in [6.07, 6.45) is 3.97. The molecule has 0 saturated carbocycles. The summed E-state index contributed by atoms with van der Waals surface area (Å²) in [6.45, 7) is 2.23. The number of alkyl halides is 1. The first-order valence-corrected chi connectivity index (χ1v) is 12.6. The van der Waals surface area contributed by atoms with E-state index >= 15 is 4.39 Å². The summed E-state index contributed by atoms with van der Waals surface area (Å²) in [4.78, 5) is 18.6. The molecule has 1 aromatic heterocycles. The summed E-state index contributed by atoms with van der Waals surface area (Å²) >= 11 is 0. The summed E-state index contributed by atoms with van der Waals surface area (Å²) in [7, 11) is 3.24. The average Bonchev–Trinajstić information content (AvgIpc) is 2.91. The van der Waals surface area contributed by atoms with Crippen LogP contribution in [0.3, 0.4) is 0 Å². The summed E-state index contributed by atoms with van der Waals surface area (Å²) in [6, 6.07) is 15.2. The minimum Gasteiger partial charge on any atom is -0.497 e. The third-order valence-corrected chi connectivity index (χ3v) is 7.37. The third-order valence-electron chi connectivity index (χ3n) is 7.37. The van der Waals surface area contributed by atoms with Gasteiger partial charge in [-0.25, -0.2) is 4.39 Å². The van der Waals surface area contributed by atoms with Crippen LogP contribution in [0.5, 0.6) is 11.5 Å². The molecule has 3 atom stereocenters. The predicted molar refractivity (Wildman–Crippen MR) is 138 cm³/mol. The number of nitrogens with zero attached hydrogens (tertiary/aromatic N) is 2. The number of benzene rings is 2. The minimum atomic E-state index is -1.18. The lowest BCUT2D eigenvalue weighted by atomic mass is 9.81. The van der Waals surface area contributed by atoms with E-state index in [4.69, 9.17) is 9.47 Å². The Bertz CT molecular complexity index is 1150. The maximum atomic E-state index is 15.4. The molecule has 1 fully saturated rings. The molecule has 0 spiro atoms. The number of fused-ring (bicyclic) bond motifs is 1. The summed E-state index contributed by atoms with van der Waals surface area (Å²) < 4.78 is 25.9. The lowest BCUT2D eigenvalue weighted by Gasteiger charge is -2.37. The number of carboxylic acid groups (broad SMARTS) is 1. The monoisotopic (exact) mass is 494 g/mol. The molecule has 0 bridgehead atoms. The molecule has 4 rings (SSSR count). The second kappa shape index (κ2) is 12.2. The number of rotatable bonds is 11. The van der Waals surface area contributed by atoms with Crippen LogP contribution in [0.4, 0.5) is 4.39 Å². The van der Waals surface area contributed by atoms with Gasteiger partial charge in [0, 0.05) is 18.1 Å². The van der Waals surface area contributed by atoms with Gasteiger partial charge in [-0.05, 0) is 98.6 Å². The normalized spacial score (nSPS) is 19.2. The fraction of sp³-hybridized carbons (Fsp3) is 0.448. The number of aromatic nitrogens is 1. The van der Waals surface area contributed by atoms with E-state index in [0.29, 0.717) is 30.7 Å². The van der Waals surface area contributed by atoms with Crippen LogP contribution >= 0.6 is 0 Å². The first-order chi connectivity index (χ1) is 17.5. The Labute approximate surface area is 212 Å².